The van der Waals surface area contributed by atoms with E-state index < -0.39 is 10.0 Å². The van der Waals surface area contributed by atoms with Crippen molar-refractivity contribution in [1.82, 2.24) is 10.2 Å². The number of sulfonamides is 1. The monoisotopic (exact) mass is 397 g/mol. The number of hydrogen-bond acceptors (Lipinski definition) is 6. The smallest absolute Gasteiger partial charge is 0.263 e. The molecule has 0 saturated carbocycles. The van der Waals surface area contributed by atoms with Crippen molar-refractivity contribution >= 4 is 38.9 Å². The molecule has 0 spiro atoms. The van der Waals surface area contributed by atoms with Crippen molar-refractivity contribution in [3.8, 4) is 0 Å². The van der Waals surface area contributed by atoms with E-state index in [9.17, 15) is 13.2 Å². The van der Waals surface area contributed by atoms with Gasteiger partial charge in [-0.1, -0.05) is 17.7 Å². The number of amides is 1. The Labute approximate surface area is 163 Å². The minimum atomic E-state index is -3.72. The summed E-state index contributed by atoms with van der Waals surface area (Å²) in [4.78, 5) is 11.2. The van der Waals surface area contributed by atoms with Crippen molar-refractivity contribution in [2.24, 2.45) is 0 Å². The fourth-order valence-electron chi connectivity index (χ4n) is 2.36. The van der Waals surface area contributed by atoms with Gasteiger partial charge in [-0.3, -0.25) is 9.52 Å². The molecule has 0 atom stereocenters. The Morgan fingerprint density at radius 3 is 1.96 bits per heavy atom. The minimum absolute atomic E-state index is 0.118. The summed E-state index contributed by atoms with van der Waals surface area (Å²) >= 11 is 0. The van der Waals surface area contributed by atoms with Crippen molar-refractivity contribution in [3.63, 3.8) is 0 Å². The molecule has 3 N–H and O–H groups in total. The summed E-state index contributed by atoms with van der Waals surface area (Å²) < 4.78 is 27.1. The van der Waals surface area contributed by atoms with Gasteiger partial charge in [0.05, 0.1) is 4.90 Å². The van der Waals surface area contributed by atoms with Crippen molar-refractivity contribution in [2.45, 2.75) is 18.7 Å². The number of aryl methyl sites for hydroxylation is 1. The van der Waals surface area contributed by atoms with E-state index in [-0.39, 0.29) is 16.6 Å². The number of hydrogen-bond donors (Lipinski definition) is 3. The van der Waals surface area contributed by atoms with Crippen LogP contribution < -0.4 is 15.4 Å². The number of carbonyl (C=O) groups is 1. The van der Waals surface area contributed by atoms with Crippen LogP contribution in [0.2, 0.25) is 0 Å². The number of rotatable bonds is 6. The number of aromatic nitrogens is 2. The molecule has 3 aromatic rings. The van der Waals surface area contributed by atoms with Crippen LogP contribution in [-0.2, 0) is 14.8 Å². The summed E-state index contributed by atoms with van der Waals surface area (Å²) in [6.07, 6.45) is 0. The maximum Gasteiger partial charge on any atom is 0.263 e. The predicted octanol–water partition coefficient (Wildman–Crippen LogP) is 3.29. The summed E-state index contributed by atoms with van der Waals surface area (Å²) in [7, 11) is -3.72. The van der Waals surface area contributed by atoms with Gasteiger partial charge in [0.25, 0.3) is 10.0 Å². The van der Waals surface area contributed by atoms with Gasteiger partial charge in [-0.25, -0.2) is 8.42 Å². The molecule has 0 radical (unpaired) electrons. The Balaban J connectivity index is 1.66. The molecule has 3 rings (SSSR count). The topological polar surface area (TPSA) is 113 Å². The molecule has 0 fully saturated rings. The Kier molecular flexibility index (Phi) is 5.55. The quantitative estimate of drug-likeness (QED) is 0.588. The predicted molar refractivity (Wildman–Crippen MR) is 108 cm³/mol. The molecule has 28 heavy (non-hydrogen) atoms. The number of nitrogens with one attached hydrogen (secondary N) is 3. The molecule has 1 heterocycles. The van der Waals surface area contributed by atoms with Crippen LogP contribution in [0, 0.1) is 6.92 Å². The maximum absolute atomic E-state index is 12.4. The maximum atomic E-state index is 12.4. The molecule has 0 bridgehead atoms. The fraction of sp³-hybridized carbons (Fsp3) is 0.105. The van der Waals surface area contributed by atoms with Gasteiger partial charge in [0.2, 0.25) is 5.91 Å². The lowest BCUT2D eigenvalue weighted by Crippen LogP contribution is -2.14. The van der Waals surface area contributed by atoms with Crippen molar-refractivity contribution in [2.75, 3.05) is 15.4 Å². The molecule has 1 aromatic heterocycles. The second-order valence-electron chi connectivity index (χ2n) is 6.11. The molecule has 0 saturated heterocycles. The second-order valence-corrected chi connectivity index (χ2v) is 7.79. The molecule has 0 aliphatic heterocycles. The van der Waals surface area contributed by atoms with E-state index >= 15 is 0 Å². The van der Waals surface area contributed by atoms with E-state index in [0.29, 0.717) is 11.5 Å². The molecular formula is C19H19N5O3S. The number of benzene rings is 2. The highest BCUT2D eigenvalue weighted by Gasteiger charge is 2.14. The van der Waals surface area contributed by atoms with Gasteiger partial charge in [-0.15, -0.1) is 10.2 Å². The molecule has 9 heteroatoms. The van der Waals surface area contributed by atoms with Gasteiger partial charge < -0.3 is 10.6 Å². The normalized spacial score (nSPS) is 10.9. The molecular weight excluding hydrogens is 378 g/mol. The highest BCUT2D eigenvalue weighted by molar-refractivity contribution is 7.92. The highest BCUT2D eigenvalue weighted by atomic mass is 32.2. The Morgan fingerprint density at radius 2 is 1.39 bits per heavy atom. The first kappa shape index (κ1) is 19.3. The Bertz CT molecular complexity index is 1060. The van der Waals surface area contributed by atoms with E-state index in [1.54, 1.807) is 42.5 Å². The molecule has 1 amide bonds. The van der Waals surface area contributed by atoms with Crippen LogP contribution in [0.4, 0.5) is 23.0 Å². The molecule has 0 aliphatic rings. The number of nitrogens with zero attached hydrogens (tertiary/aromatic N) is 2. The highest BCUT2D eigenvalue weighted by Crippen LogP contribution is 2.19. The average molecular weight is 397 g/mol. The van der Waals surface area contributed by atoms with Crippen LogP contribution in [0.25, 0.3) is 0 Å². The molecule has 0 unspecified atom stereocenters. The third kappa shape index (κ3) is 5.04. The largest absolute Gasteiger partial charge is 0.339 e. The van der Waals surface area contributed by atoms with Crippen molar-refractivity contribution < 1.29 is 13.2 Å². The molecule has 2 aromatic carbocycles. The third-order valence-electron chi connectivity index (χ3n) is 3.71. The standard InChI is InChI=1S/C19H19N5O3S/c1-13-3-9-17(10-4-13)28(26,27)24-19-12-11-18(22-23-19)21-16-7-5-15(6-8-16)20-14(2)25/h3-12H,1-2H3,(H,20,25)(H,21,22)(H,23,24). The van der Waals surface area contributed by atoms with Gasteiger partial charge in [0, 0.05) is 18.3 Å². The van der Waals surface area contributed by atoms with Gasteiger partial charge in [-0.2, -0.15) is 0 Å². The lowest BCUT2D eigenvalue weighted by Gasteiger charge is -2.09. The van der Waals surface area contributed by atoms with E-state index in [2.05, 4.69) is 25.6 Å². The summed E-state index contributed by atoms with van der Waals surface area (Å²) in [5, 5.41) is 13.6. The Hall–Kier alpha value is -3.46. The summed E-state index contributed by atoms with van der Waals surface area (Å²) in [6.45, 7) is 3.32. The van der Waals surface area contributed by atoms with Crippen LogP contribution >= 0.6 is 0 Å². The summed E-state index contributed by atoms with van der Waals surface area (Å²) in [5.41, 5.74) is 2.40. The molecule has 144 valence electrons. The van der Waals surface area contributed by atoms with Crippen LogP contribution in [0.5, 0.6) is 0 Å². The zero-order valence-electron chi connectivity index (χ0n) is 15.3. The van der Waals surface area contributed by atoms with E-state index in [1.807, 2.05) is 6.92 Å². The van der Waals surface area contributed by atoms with E-state index in [4.69, 9.17) is 0 Å². The Morgan fingerprint density at radius 1 is 0.821 bits per heavy atom. The van der Waals surface area contributed by atoms with Gasteiger partial charge in [0.1, 0.15) is 0 Å². The number of carbonyl (C=O) groups excluding carboxylic acids is 1. The van der Waals surface area contributed by atoms with Crippen LogP contribution in [0.3, 0.4) is 0 Å². The van der Waals surface area contributed by atoms with Gasteiger partial charge in [0.15, 0.2) is 11.6 Å². The first-order valence-electron chi connectivity index (χ1n) is 8.40. The SMILES string of the molecule is CC(=O)Nc1ccc(Nc2ccc(NS(=O)(=O)c3ccc(C)cc3)nn2)cc1. The lowest BCUT2D eigenvalue weighted by atomic mass is 10.2. The van der Waals surface area contributed by atoms with Gasteiger partial charge >= 0.3 is 0 Å². The third-order valence-corrected chi connectivity index (χ3v) is 5.08. The van der Waals surface area contributed by atoms with E-state index in [0.717, 1.165) is 11.3 Å². The van der Waals surface area contributed by atoms with Crippen LogP contribution in [-0.4, -0.2) is 24.5 Å². The first-order chi connectivity index (χ1) is 13.3. The minimum Gasteiger partial charge on any atom is -0.339 e. The zero-order chi connectivity index (χ0) is 20.1. The fourth-order valence-corrected chi connectivity index (χ4v) is 3.35. The molecule has 8 nitrogen and oxygen atoms in total. The second kappa shape index (κ2) is 8.05. The molecule has 0 aliphatic carbocycles. The average Bonchev–Trinajstić information content (AvgIpc) is 2.65. The number of anilines is 4. The van der Waals surface area contributed by atoms with Crippen molar-refractivity contribution in [3.05, 3.63) is 66.2 Å². The van der Waals surface area contributed by atoms with Crippen molar-refractivity contribution in [1.29, 1.82) is 0 Å². The van der Waals surface area contributed by atoms with Crippen LogP contribution in [0.15, 0.2) is 65.6 Å². The van der Waals surface area contributed by atoms with Gasteiger partial charge in [-0.05, 0) is 55.5 Å². The van der Waals surface area contributed by atoms with Crippen LogP contribution in [0.1, 0.15) is 12.5 Å². The van der Waals surface area contributed by atoms with E-state index in [1.165, 1.54) is 25.1 Å². The summed E-state index contributed by atoms with van der Waals surface area (Å²) in [5.74, 6) is 0.424. The lowest BCUT2D eigenvalue weighted by molar-refractivity contribution is -0.114. The first-order valence-corrected chi connectivity index (χ1v) is 9.88. The summed E-state index contributed by atoms with van der Waals surface area (Å²) in [6, 6.07) is 16.7. The zero-order valence-corrected chi connectivity index (χ0v) is 16.1.